The van der Waals surface area contributed by atoms with Gasteiger partial charge in [-0.05, 0) is 73.5 Å². The molecule has 0 amide bonds. The zero-order chi connectivity index (χ0) is 13.6. The lowest BCUT2D eigenvalue weighted by molar-refractivity contribution is 0.0256. The number of rotatable bonds is 1. The second kappa shape index (κ2) is 5.26. The van der Waals surface area contributed by atoms with Crippen molar-refractivity contribution < 1.29 is 0 Å². The first-order valence-corrected chi connectivity index (χ1v) is 8.82. The molecule has 0 aromatic rings. The molecule has 0 saturated heterocycles. The Balaban J connectivity index is 1.86. The Kier molecular flexibility index (Phi) is 3.80. The largest absolute Gasteiger partial charge is 0.0819 e. The third-order valence-corrected chi connectivity index (χ3v) is 6.87. The molecule has 0 radical (unpaired) electrons. The molecule has 0 aromatic heterocycles. The van der Waals surface area contributed by atoms with Crippen LogP contribution in [0.2, 0.25) is 0 Å². The molecule has 0 heterocycles. The summed E-state index contributed by atoms with van der Waals surface area (Å²) in [6.07, 6.45) is 11.5. The van der Waals surface area contributed by atoms with Crippen LogP contribution in [0.25, 0.3) is 0 Å². The molecule has 3 aliphatic carbocycles. The molecule has 2 fully saturated rings. The fourth-order valence-electron chi connectivity index (χ4n) is 5.91. The Hall–Kier alpha value is -0.260. The SMILES string of the molecule is CCC1CCC2C3CCC(C)CC3=CC(C)C2C1C. The number of hydrogen-bond donors (Lipinski definition) is 0. The van der Waals surface area contributed by atoms with Crippen molar-refractivity contribution in [3.63, 3.8) is 0 Å². The van der Waals surface area contributed by atoms with E-state index in [9.17, 15) is 0 Å². The molecular formula is C19H32. The van der Waals surface area contributed by atoms with Gasteiger partial charge in [-0.3, -0.25) is 0 Å². The van der Waals surface area contributed by atoms with Gasteiger partial charge in [0.1, 0.15) is 0 Å². The van der Waals surface area contributed by atoms with E-state index in [1.807, 2.05) is 5.57 Å². The Morgan fingerprint density at radius 1 is 1.05 bits per heavy atom. The summed E-state index contributed by atoms with van der Waals surface area (Å²) in [5.74, 6) is 6.72. The van der Waals surface area contributed by atoms with Crippen LogP contribution in [0.3, 0.4) is 0 Å². The van der Waals surface area contributed by atoms with E-state index in [0.717, 1.165) is 41.4 Å². The summed E-state index contributed by atoms with van der Waals surface area (Å²) in [5.41, 5.74) is 1.86. The minimum absolute atomic E-state index is 0.839. The van der Waals surface area contributed by atoms with Crippen LogP contribution in [0.4, 0.5) is 0 Å². The molecule has 19 heavy (non-hydrogen) atoms. The second-order valence-corrected chi connectivity index (χ2v) is 7.94. The van der Waals surface area contributed by atoms with E-state index in [0.29, 0.717) is 0 Å². The minimum atomic E-state index is 0.839. The van der Waals surface area contributed by atoms with Crippen molar-refractivity contribution in [3.8, 4) is 0 Å². The van der Waals surface area contributed by atoms with Crippen LogP contribution in [0.1, 0.15) is 66.2 Å². The van der Waals surface area contributed by atoms with Gasteiger partial charge < -0.3 is 0 Å². The molecule has 0 spiro atoms. The Bertz CT molecular complexity index is 353. The van der Waals surface area contributed by atoms with Crippen LogP contribution in [-0.2, 0) is 0 Å². The molecule has 7 unspecified atom stereocenters. The lowest BCUT2D eigenvalue weighted by Crippen LogP contribution is -2.44. The molecule has 0 aromatic carbocycles. The highest BCUT2D eigenvalue weighted by atomic mass is 14.5. The lowest BCUT2D eigenvalue weighted by Gasteiger charge is -2.52. The molecule has 7 atom stereocenters. The van der Waals surface area contributed by atoms with Crippen molar-refractivity contribution in [1.29, 1.82) is 0 Å². The topological polar surface area (TPSA) is 0 Å². The van der Waals surface area contributed by atoms with Crippen molar-refractivity contribution in [2.75, 3.05) is 0 Å². The fourth-order valence-corrected chi connectivity index (χ4v) is 5.91. The van der Waals surface area contributed by atoms with E-state index in [2.05, 4.69) is 33.8 Å². The molecule has 2 saturated carbocycles. The fraction of sp³-hybridized carbons (Fsp3) is 0.895. The van der Waals surface area contributed by atoms with E-state index < -0.39 is 0 Å². The van der Waals surface area contributed by atoms with Crippen molar-refractivity contribution in [2.45, 2.75) is 66.2 Å². The highest BCUT2D eigenvalue weighted by Gasteiger charge is 2.45. The molecule has 3 aliphatic rings. The van der Waals surface area contributed by atoms with Crippen molar-refractivity contribution in [1.82, 2.24) is 0 Å². The number of hydrogen-bond acceptors (Lipinski definition) is 0. The predicted octanol–water partition coefficient (Wildman–Crippen LogP) is 5.69. The highest BCUT2D eigenvalue weighted by Crippen LogP contribution is 2.54. The Morgan fingerprint density at radius 2 is 1.84 bits per heavy atom. The standard InChI is InChI=1S/C19H32/c1-5-15-7-9-18-17-8-6-12(2)10-16(17)11-13(3)19(18)14(15)4/h11-15,17-19H,5-10H2,1-4H3. The third-order valence-electron chi connectivity index (χ3n) is 6.87. The highest BCUT2D eigenvalue weighted by molar-refractivity contribution is 5.19. The van der Waals surface area contributed by atoms with Crippen molar-refractivity contribution >= 4 is 0 Å². The van der Waals surface area contributed by atoms with E-state index >= 15 is 0 Å². The monoisotopic (exact) mass is 260 g/mol. The van der Waals surface area contributed by atoms with E-state index in [4.69, 9.17) is 0 Å². The van der Waals surface area contributed by atoms with E-state index in [1.165, 1.54) is 38.5 Å². The quantitative estimate of drug-likeness (QED) is 0.531. The zero-order valence-electron chi connectivity index (χ0n) is 13.4. The normalized spacial score (nSPS) is 50.1. The van der Waals surface area contributed by atoms with Gasteiger partial charge in [0.2, 0.25) is 0 Å². The Morgan fingerprint density at radius 3 is 2.58 bits per heavy atom. The van der Waals surface area contributed by atoms with Gasteiger partial charge in [0.15, 0.2) is 0 Å². The summed E-state index contributed by atoms with van der Waals surface area (Å²) in [7, 11) is 0. The summed E-state index contributed by atoms with van der Waals surface area (Å²) in [4.78, 5) is 0. The van der Waals surface area contributed by atoms with Crippen LogP contribution < -0.4 is 0 Å². The van der Waals surface area contributed by atoms with Crippen molar-refractivity contribution in [2.24, 2.45) is 41.4 Å². The lowest BCUT2D eigenvalue weighted by atomic mass is 9.53. The maximum atomic E-state index is 2.70. The maximum absolute atomic E-state index is 2.70. The van der Waals surface area contributed by atoms with Crippen LogP contribution in [0.5, 0.6) is 0 Å². The molecule has 0 N–H and O–H groups in total. The summed E-state index contributed by atoms with van der Waals surface area (Å²) in [5, 5.41) is 0. The average molecular weight is 260 g/mol. The van der Waals surface area contributed by atoms with Crippen LogP contribution in [-0.4, -0.2) is 0 Å². The summed E-state index contributed by atoms with van der Waals surface area (Å²) in [6.45, 7) is 9.92. The zero-order valence-corrected chi connectivity index (χ0v) is 13.4. The van der Waals surface area contributed by atoms with Gasteiger partial charge in [-0.25, -0.2) is 0 Å². The molecule has 0 bridgehead atoms. The molecule has 3 rings (SSSR count). The van der Waals surface area contributed by atoms with Gasteiger partial charge in [-0.15, -0.1) is 0 Å². The summed E-state index contributed by atoms with van der Waals surface area (Å²) < 4.78 is 0. The summed E-state index contributed by atoms with van der Waals surface area (Å²) in [6, 6.07) is 0. The first-order valence-electron chi connectivity index (χ1n) is 8.82. The molecule has 0 heteroatoms. The third kappa shape index (κ3) is 2.30. The van der Waals surface area contributed by atoms with Gasteiger partial charge in [-0.2, -0.15) is 0 Å². The summed E-state index contributed by atoms with van der Waals surface area (Å²) >= 11 is 0. The molecular weight excluding hydrogens is 228 g/mol. The van der Waals surface area contributed by atoms with E-state index in [1.54, 1.807) is 0 Å². The van der Waals surface area contributed by atoms with Crippen molar-refractivity contribution in [3.05, 3.63) is 11.6 Å². The van der Waals surface area contributed by atoms with Gasteiger partial charge in [-0.1, -0.05) is 45.8 Å². The smallest absolute Gasteiger partial charge is 0.0172 e. The predicted molar refractivity (Wildman–Crippen MR) is 82.9 cm³/mol. The number of allylic oxidation sites excluding steroid dienone is 2. The van der Waals surface area contributed by atoms with Gasteiger partial charge >= 0.3 is 0 Å². The first-order chi connectivity index (χ1) is 9.11. The van der Waals surface area contributed by atoms with Gasteiger partial charge in [0.05, 0.1) is 0 Å². The van der Waals surface area contributed by atoms with Crippen LogP contribution in [0.15, 0.2) is 11.6 Å². The maximum Gasteiger partial charge on any atom is -0.0172 e. The van der Waals surface area contributed by atoms with Gasteiger partial charge in [0, 0.05) is 0 Å². The minimum Gasteiger partial charge on any atom is -0.0819 e. The van der Waals surface area contributed by atoms with E-state index in [-0.39, 0.29) is 0 Å². The molecule has 0 aliphatic heterocycles. The van der Waals surface area contributed by atoms with Crippen LogP contribution in [0, 0.1) is 41.4 Å². The second-order valence-electron chi connectivity index (χ2n) is 7.94. The first kappa shape index (κ1) is 13.7. The number of fused-ring (bicyclic) bond motifs is 3. The molecule has 0 nitrogen and oxygen atoms in total. The Labute approximate surface area is 120 Å². The average Bonchev–Trinajstić information content (AvgIpc) is 2.38. The van der Waals surface area contributed by atoms with Crippen LogP contribution >= 0.6 is 0 Å². The van der Waals surface area contributed by atoms with Gasteiger partial charge in [0.25, 0.3) is 0 Å². The molecule has 108 valence electrons.